The number of nitrogens with zero attached hydrogens (tertiary/aromatic N) is 3. The number of nitrogens with two attached hydrogens (primary N) is 1. The van der Waals surface area contributed by atoms with Crippen molar-refractivity contribution < 1.29 is 9.52 Å². The number of nitrogen functional groups attached to an aromatic ring is 1. The van der Waals surface area contributed by atoms with Crippen molar-refractivity contribution in [3.8, 4) is 11.8 Å². The van der Waals surface area contributed by atoms with Gasteiger partial charge in [-0.1, -0.05) is 18.7 Å². The average molecular weight is 354 g/mol. The van der Waals surface area contributed by atoms with E-state index in [0.717, 1.165) is 16.5 Å². The van der Waals surface area contributed by atoms with Gasteiger partial charge in [0.15, 0.2) is 5.16 Å². The minimum absolute atomic E-state index is 0.103. The summed E-state index contributed by atoms with van der Waals surface area (Å²) in [7, 11) is 0. The van der Waals surface area contributed by atoms with Gasteiger partial charge in [0, 0.05) is 23.3 Å². The standard InChI is InChI=1S/C17H14N4O3S/c1-2-9-3-12-10(4-15(23)24-14(12)5-13(9)22)8-25-17-20-7-11(6-18)16(19)21-17/h3-5,7,22H,2,8H2,1H3,(H2,19,20,21). The van der Waals surface area contributed by atoms with Crippen LogP contribution in [0.4, 0.5) is 5.82 Å². The van der Waals surface area contributed by atoms with E-state index in [2.05, 4.69) is 9.97 Å². The molecule has 0 aliphatic heterocycles. The van der Waals surface area contributed by atoms with Crippen LogP contribution in [0.2, 0.25) is 0 Å². The minimum atomic E-state index is -0.494. The number of aromatic nitrogens is 2. The van der Waals surface area contributed by atoms with Gasteiger partial charge < -0.3 is 15.3 Å². The number of phenols is 1. The predicted octanol–water partition coefficient (Wildman–Crippen LogP) is 2.60. The highest BCUT2D eigenvalue weighted by Gasteiger charge is 2.11. The Hall–Kier alpha value is -3.05. The molecule has 0 fully saturated rings. The van der Waals surface area contributed by atoms with Crippen LogP contribution >= 0.6 is 11.8 Å². The van der Waals surface area contributed by atoms with Crippen LogP contribution in [-0.4, -0.2) is 15.1 Å². The molecule has 1 aromatic carbocycles. The van der Waals surface area contributed by atoms with Crippen molar-refractivity contribution in [1.29, 1.82) is 5.26 Å². The Balaban J connectivity index is 1.97. The lowest BCUT2D eigenvalue weighted by atomic mass is 10.1. The van der Waals surface area contributed by atoms with Crippen molar-refractivity contribution in [2.24, 2.45) is 0 Å². The summed E-state index contributed by atoms with van der Waals surface area (Å²) in [5.74, 6) is 0.642. The van der Waals surface area contributed by atoms with Crippen LogP contribution in [-0.2, 0) is 12.2 Å². The van der Waals surface area contributed by atoms with E-state index in [1.54, 1.807) is 0 Å². The molecule has 8 heteroatoms. The number of aromatic hydroxyl groups is 1. The van der Waals surface area contributed by atoms with Crippen LogP contribution in [0.25, 0.3) is 11.0 Å². The molecular formula is C17H14N4O3S. The number of nitriles is 1. The first kappa shape index (κ1) is 16.8. The molecule has 3 N–H and O–H groups in total. The van der Waals surface area contributed by atoms with Gasteiger partial charge >= 0.3 is 5.63 Å². The van der Waals surface area contributed by atoms with Crippen LogP contribution in [0, 0.1) is 11.3 Å². The first-order valence-corrected chi connectivity index (χ1v) is 8.44. The molecule has 0 bridgehead atoms. The molecule has 0 aliphatic rings. The number of fused-ring (bicyclic) bond motifs is 1. The average Bonchev–Trinajstić information content (AvgIpc) is 2.59. The van der Waals surface area contributed by atoms with Gasteiger partial charge in [0.1, 0.15) is 28.8 Å². The fourth-order valence-electron chi connectivity index (χ4n) is 2.39. The summed E-state index contributed by atoms with van der Waals surface area (Å²) in [5, 5.41) is 20.0. The summed E-state index contributed by atoms with van der Waals surface area (Å²) < 4.78 is 5.17. The number of anilines is 1. The zero-order valence-electron chi connectivity index (χ0n) is 13.3. The van der Waals surface area contributed by atoms with Crippen molar-refractivity contribution >= 4 is 28.5 Å². The maximum atomic E-state index is 11.8. The summed E-state index contributed by atoms with van der Waals surface area (Å²) >= 11 is 1.29. The Labute approximate surface area is 147 Å². The van der Waals surface area contributed by atoms with Crippen molar-refractivity contribution in [1.82, 2.24) is 9.97 Å². The molecule has 0 unspecified atom stereocenters. The summed E-state index contributed by atoms with van der Waals surface area (Å²) in [6.45, 7) is 1.93. The molecule has 7 nitrogen and oxygen atoms in total. The molecular weight excluding hydrogens is 340 g/mol. The Morgan fingerprint density at radius 3 is 2.84 bits per heavy atom. The molecule has 0 spiro atoms. The molecule has 25 heavy (non-hydrogen) atoms. The maximum Gasteiger partial charge on any atom is 0.336 e. The Bertz CT molecular complexity index is 1060. The Morgan fingerprint density at radius 2 is 2.16 bits per heavy atom. The van der Waals surface area contributed by atoms with Gasteiger partial charge in [-0.05, 0) is 23.6 Å². The molecule has 0 amide bonds. The van der Waals surface area contributed by atoms with E-state index in [9.17, 15) is 9.90 Å². The molecule has 0 aliphatic carbocycles. The van der Waals surface area contributed by atoms with E-state index >= 15 is 0 Å². The lowest BCUT2D eigenvalue weighted by Crippen LogP contribution is -2.02. The molecule has 0 radical (unpaired) electrons. The molecule has 0 atom stereocenters. The number of hydrogen-bond acceptors (Lipinski definition) is 8. The van der Waals surface area contributed by atoms with E-state index in [1.807, 2.05) is 19.1 Å². The zero-order valence-corrected chi connectivity index (χ0v) is 14.1. The fraction of sp³-hybridized carbons (Fsp3) is 0.176. The zero-order chi connectivity index (χ0) is 18.0. The second-order valence-corrected chi connectivity index (χ2v) is 6.22. The van der Waals surface area contributed by atoms with Crippen molar-refractivity contribution in [2.75, 3.05) is 5.73 Å². The Kier molecular flexibility index (Phi) is 4.59. The van der Waals surface area contributed by atoms with Gasteiger partial charge in [-0.25, -0.2) is 14.8 Å². The lowest BCUT2D eigenvalue weighted by Gasteiger charge is -2.08. The van der Waals surface area contributed by atoms with Gasteiger partial charge in [-0.15, -0.1) is 0 Å². The van der Waals surface area contributed by atoms with Crippen molar-refractivity contribution in [3.63, 3.8) is 0 Å². The molecule has 2 aromatic heterocycles. The number of phenolic OH excluding ortho intramolecular Hbond substituents is 1. The van der Waals surface area contributed by atoms with Gasteiger partial charge in [0.2, 0.25) is 0 Å². The lowest BCUT2D eigenvalue weighted by molar-refractivity contribution is 0.466. The predicted molar refractivity (Wildman–Crippen MR) is 94.2 cm³/mol. The number of hydrogen-bond donors (Lipinski definition) is 2. The summed E-state index contributed by atoms with van der Waals surface area (Å²) in [5.41, 5.74) is 7.27. The second kappa shape index (κ2) is 6.83. The van der Waals surface area contributed by atoms with Gasteiger partial charge in [0.25, 0.3) is 0 Å². The van der Waals surface area contributed by atoms with Crippen LogP contribution in [0.3, 0.4) is 0 Å². The van der Waals surface area contributed by atoms with E-state index in [0.29, 0.717) is 22.9 Å². The van der Waals surface area contributed by atoms with Crippen molar-refractivity contribution in [3.05, 3.63) is 51.5 Å². The number of rotatable bonds is 4. The topological polar surface area (TPSA) is 126 Å². The SMILES string of the molecule is CCc1cc2c(CSc3ncc(C#N)c(N)n3)cc(=O)oc2cc1O. The van der Waals surface area contributed by atoms with Crippen molar-refractivity contribution in [2.45, 2.75) is 24.3 Å². The van der Waals surface area contributed by atoms with Gasteiger partial charge in [-0.2, -0.15) is 5.26 Å². The number of aryl methyl sites for hydroxylation is 1. The first-order valence-electron chi connectivity index (χ1n) is 7.46. The van der Waals surface area contributed by atoms with Crippen LogP contribution in [0.1, 0.15) is 23.6 Å². The smallest absolute Gasteiger partial charge is 0.336 e. The minimum Gasteiger partial charge on any atom is -0.508 e. The third-order valence-electron chi connectivity index (χ3n) is 3.68. The number of thioether (sulfide) groups is 1. The van der Waals surface area contributed by atoms with Crippen LogP contribution in [0.5, 0.6) is 5.75 Å². The van der Waals surface area contributed by atoms with Gasteiger partial charge in [-0.3, -0.25) is 0 Å². The quantitative estimate of drug-likeness (QED) is 0.416. The first-order chi connectivity index (χ1) is 12.0. The highest BCUT2D eigenvalue weighted by molar-refractivity contribution is 7.98. The van der Waals surface area contributed by atoms with E-state index in [1.165, 1.54) is 30.1 Å². The number of benzene rings is 1. The van der Waals surface area contributed by atoms with Crippen LogP contribution in [0.15, 0.2) is 38.8 Å². The van der Waals surface area contributed by atoms with E-state index < -0.39 is 5.63 Å². The molecule has 3 aromatic rings. The maximum absolute atomic E-state index is 11.8. The Morgan fingerprint density at radius 1 is 1.36 bits per heavy atom. The summed E-state index contributed by atoms with van der Waals surface area (Å²) in [6.07, 6.45) is 2.03. The van der Waals surface area contributed by atoms with Gasteiger partial charge in [0.05, 0.1) is 6.20 Å². The highest BCUT2D eigenvalue weighted by Crippen LogP contribution is 2.30. The third-order valence-corrected chi connectivity index (χ3v) is 4.59. The second-order valence-electron chi connectivity index (χ2n) is 5.27. The molecule has 3 rings (SSSR count). The highest BCUT2D eigenvalue weighted by atomic mass is 32.2. The molecule has 0 saturated heterocycles. The van der Waals surface area contributed by atoms with E-state index in [4.69, 9.17) is 15.4 Å². The van der Waals surface area contributed by atoms with E-state index in [-0.39, 0.29) is 17.1 Å². The summed E-state index contributed by atoms with van der Waals surface area (Å²) in [6, 6.07) is 6.60. The summed E-state index contributed by atoms with van der Waals surface area (Å²) in [4.78, 5) is 19.9. The van der Waals surface area contributed by atoms with Crippen LogP contribution < -0.4 is 11.4 Å². The largest absolute Gasteiger partial charge is 0.508 e. The molecule has 0 saturated carbocycles. The fourth-order valence-corrected chi connectivity index (χ4v) is 3.20. The monoisotopic (exact) mass is 354 g/mol. The molecule has 2 heterocycles. The normalized spacial score (nSPS) is 10.7. The third kappa shape index (κ3) is 3.41. The molecule has 126 valence electrons.